The molecule has 0 aromatic carbocycles. The number of carboxylic acid groups (broad SMARTS) is 1. The second-order valence-electron chi connectivity index (χ2n) is 13.5. The zero-order valence-electron chi connectivity index (χ0n) is 29.3. The van der Waals surface area contributed by atoms with Crippen molar-refractivity contribution in [2.75, 3.05) is 0 Å². The normalized spacial score (nSPS) is 12.0. The average Bonchev–Trinajstić information content (AvgIpc) is 2.98. The summed E-state index contributed by atoms with van der Waals surface area (Å²) >= 11 is 0. The number of ether oxygens (including phenoxy) is 1. The standard InChI is InChI=1S/C39H76O4/c1-3-5-7-9-11-13-15-17-18-19-20-21-22-23-25-27-29-31-33-35-39(42)43-37(36-38(40)41)34-32-30-28-26-24-16-14-12-10-8-6-4-2/h37H,3-36H2,1-2H3,(H,40,41). The van der Waals surface area contributed by atoms with Crippen LogP contribution in [0.15, 0.2) is 0 Å². The van der Waals surface area contributed by atoms with Crippen molar-refractivity contribution >= 4 is 11.9 Å². The maximum absolute atomic E-state index is 12.3. The van der Waals surface area contributed by atoms with Gasteiger partial charge in [0.1, 0.15) is 6.10 Å². The molecule has 4 nitrogen and oxygen atoms in total. The van der Waals surface area contributed by atoms with Gasteiger partial charge in [-0.1, -0.05) is 200 Å². The van der Waals surface area contributed by atoms with E-state index in [2.05, 4.69) is 13.8 Å². The molecule has 0 bridgehead atoms. The molecule has 0 saturated carbocycles. The molecule has 0 aromatic rings. The minimum Gasteiger partial charge on any atom is -0.481 e. The third-order valence-electron chi connectivity index (χ3n) is 9.06. The topological polar surface area (TPSA) is 63.6 Å². The van der Waals surface area contributed by atoms with Gasteiger partial charge in [-0.25, -0.2) is 0 Å². The van der Waals surface area contributed by atoms with Crippen molar-refractivity contribution in [2.24, 2.45) is 0 Å². The fourth-order valence-corrected chi connectivity index (χ4v) is 6.20. The molecule has 0 aromatic heterocycles. The van der Waals surface area contributed by atoms with Crippen molar-refractivity contribution < 1.29 is 19.4 Å². The van der Waals surface area contributed by atoms with Crippen molar-refractivity contribution in [3.8, 4) is 0 Å². The maximum atomic E-state index is 12.3. The highest BCUT2D eigenvalue weighted by Gasteiger charge is 2.17. The van der Waals surface area contributed by atoms with Gasteiger partial charge >= 0.3 is 11.9 Å². The molecule has 0 aliphatic rings. The third kappa shape index (κ3) is 35.3. The second kappa shape index (κ2) is 35.4. The lowest BCUT2D eigenvalue weighted by atomic mass is 10.0. The van der Waals surface area contributed by atoms with Gasteiger partial charge < -0.3 is 9.84 Å². The molecule has 1 unspecified atom stereocenters. The van der Waals surface area contributed by atoms with E-state index in [1.54, 1.807) is 0 Å². The number of unbranched alkanes of at least 4 members (excludes halogenated alkanes) is 29. The highest BCUT2D eigenvalue weighted by Crippen LogP contribution is 2.17. The Hall–Kier alpha value is -1.06. The van der Waals surface area contributed by atoms with E-state index in [0.717, 1.165) is 25.7 Å². The zero-order chi connectivity index (χ0) is 31.5. The number of rotatable bonds is 36. The number of esters is 1. The van der Waals surface area contributed by atoms with Gasteiger partial charge in [0, 0.05) is 6.42 Å². The fraction of sp³-hybridized carbons (Fsp3) is 0.949. The Kier molecular flexibility index (Phi) is 34.5. The van der Waals surface area contributed by atoms with Crippen LogP contribution in [0.2, 0.25) is 0 Å². The van der Waals surface area contributed by atoms with E-state index in [-0.39, 0.29) is 12.4 Å². The maximum Gasteiger partial charge on any atom is 0.307 e. The molecule has 0 rings (SSSR count). The number of aliphatic carboxylic acids is 1. The predicted molar refractivity (Wildman–Crippen MR) is 186 cm³/mol. The first-order valence-corrected chi connectivity index (χ1v) is 19.5. The molecule has 0 aliphatic carbocycles. The summed E-state index contributed by atoms with van der Waals surface area (Å²) in [6.07, 6.45) is 41.3. The Labute approximate surface area is 269 Å². The van der Waals surface area contributed by atoms with Crippen LogP contribution >= 0.6 is 0 Å². The molecule has 0 amide bonds. The van der Waals surface area contributed by atoms with Crippen LogP contribution < -0.4 is 0 Å². The minimum absolute atomic E-state index is 0.0665. The number of carbonyl (C=O) groups is 2. The predicted octanol–water partition coefficient (Wildman–Crippen LogP) is 13.3. The van der Waals surface area contributed by atoms with Gasteiger partial charge in [0.2, 0.25) is 0 Å². The van der Waals surface area contributed by atoms with Crippen molar-refractivity contribution in [2.45, 2.75) is 238 Å². The van der Waals surface area contributed by atoms with E-state index in [4.69, 9.17) is 4.74 Å². The summed E-state index contributed by atoms with van der Waals surface area (Å²) in [6.45, 7) is 4.55. The molecule has 1 N–H and O–H groups in total. The molecule has 0 saturated heterocycles. The van der Waals surface area contributed by atoms with Crippen molar-refractivity contribution in [3.63, 3.8) is 0 Å². The summed E-state index contributed by atoms with van der Waals surface area (Å²) in [7, 11) is 0. The van der Waals surface area contributed by atoms with Crippen LogP contribution in [0, 0.1) is 0 Å². The summed E-state index contributed by atoms with van der Waals surface area (Å²) in [5.74, 6) is -1.09. The molecule has 43 heavy (non-hydrogen) atoms. The van der Waals surface area contributed by atoms with Crippen molar-refractivity contribution in [3.05, 3.63) is 0 Å². The van der Waals surface area contributed by atoms with E-state index >= 15 is 0 Å². The SMILES string of the molecule is CCCCCCCCCCCCCCCCCCCCCC(=O)OC(CCCCCCCCCCCCCC)CC(=O)O. The largest absolute Gasteiger partial charge is 0.481 e. The smallest absolute Gasteiger partial charge is 0.307 e. The number of hydrogen-bond acceptors (Lipinski definition) is 3. The minimum atomic E-state index is -0.875. The van der Waals surface area contributed by atoms with Crippen molar-refractivity contribution in [1.82, 2.24) is 0 Å². The first-order valence-electron chi connectivity index (χ1n) is 19.5. The molecule has 0 aliphatic heterocycles. The molecular weight excluding hydrogens is 532 g/mol. The molecule has 0 spiro atoms. The van der Waals surface area contributed by atoms with Gasteiger partial charge in [0.15, 0.2) is 0 Å². The summed E-state index contributed by atoms with van der Waals surface area (Å²) in [4.78, 5) is 23.6. The molecule has 0 heterocycles. The third-order valence-corrected chi connectivity index (χ3v) is 9.06. The van der Waals surface area contributed by atoms with Crippen LogP contribution in [0.5, 0.6) is 0 Å². The Morgan fingerprint density at radius 2 is 0.721 bits per heavy atom. The Bertz CT molecular complexity index is 576. The van der Waals surface area contributed by atoms with E-state index in [1.807, 2.05) is 0 Å². The van der Waals surface area contributed by atoms with Crippen LogP contribution in [0.25, 0.3) is 0 Å². The van der Waals surface area contributed by atoms with E-state index < -0.39 is 12.1 Å². The lowest BCUT2D eigenvalue weighted by Crippen LogP contribution is -2.21. The lowest BCUT2D eigenvalue weighted by molar-refractivity contribution is -0.153. The summed E-state index contributed by atoms with van der Waals surface area (Å²) in [5.41, 5.74) is 0. The Morgan fingerprint density at radius 1 is 0.442 bits per heavy atom. The van der Waals surface area contributed by atoms with Gasteiger partial charge in [0.05, 0.1) is 6.42 Å². The molecular formula is C39H76O4. The molecule has 1 atom stereocenters. The number of hydrogen-bond donors (Lipinski definition) is 1. The van der Waals surface area contributed by atoms with Crippen molar-refractivity contribution in [1.29, 1.82) is 0 Å². The Morgan fingerprint density at radius 3 is 1.02 bits per heavy atom. The van der Waals surface area contributed by atoms with Crippen LogP contribution in [0.3, 0.4) is 0 Å². The van der Waals surface area contributed by atoms with Crippen LogP contribution in [0.1, 0.15) is 232 Å². The summed E-state index contributed by atoms with van der Waals surface area (Å²) < 4.78 is 5.58. The van der Waals surface area contributed by atoms with E-state index in [9.17, 15) is 14.7 Å². The van der Waals surface area contributed by atoms with Gasteiger partial charge in [-0.15, -0.1) is 0 Å². The first kappa shape index (κ1) is 41.9. The lowest BCUT2D eigenvalue weighted by Gasteiger charge is -2.16. The van der Waals surface area contributed by atoms with Gasteiger partial charge in [-0.3, -0.25) is 9.59 Å². The summed E-state index contributed by atoms with van der Waals surface area (Å²) in [5, 5.41) is 9.24. The van der Waals surface area contributed by atoms with Gasteiger partial charge in [-0.2, -0.15) is 0 Å². The van der Waals surface area contributed by atoms with E-state index in [1.165, 1.54) is 173 Å². The second-order valence-corrected chi connectivity index (χ2v) is 13.5. The zero-order valence-corrected chi connectivity index (χ0v) is 29.3. The van der Waals surface area contributed by atoms with Gasteiger partial charge in [0.25, 0.3) is 0 Å². The molecule has 4 heteroatoms. The number of carbonyl (C=O) groups excluding carboxylic acids is 1. The van der Waals surface area contributed by atoms with Gasteiger partial charge in [-0.05, 0) is 19.3 Å². The van der Waals surface area contributed by atoms with Crippen LogP contribution in [0.4, 0.5) is 0 Å². The number of carboxylic acids is 1. The van der Waals surface area contributed by atoms with Crippen LogP contribution in [-0.2, 0) is 14.3 Å². The summed E-state index contributed by atoms with van der Waals surface area (Å²) in [6, 6.07) is 0. The van der Waals surface area contributed by atoms with E-state index in [0.29, 0.717) is 12.8 Å². The quantitative estimate of drug-likeness (QED) is 0.0567. The fourth-order valence-electron chi connectivity index (χ4n) is 6.20. The monoisotopic (exact) mass is 609 g/mol. The highest BCUT2D eigenvalue weighted by molar-refractivity contribution is 5.71. The molecule has 256 valence electrons. The van der Waals surface area contributed by atoms with Crippen LogP contribution in [-0.4, -0.2) is 23.1 Å². The molecule has 0 radical (unpaired) electrons. The first-order chi connectivity index (χ1) is 21.1. The Balaban J connectivity index is 3.56. The average molecular weight is 609 g/mol. The highest BCUT2D eigenvalue weighted by atomic mass is 16.5. The molecule has 0 fully saturated rings.